The number of H-pyrrole nitrogens is 1. The van der Waals surface area contributed by atoms with E-state index in [0.717, 1.165) is 11.1 Å². The zero-order valence-corrected chi connectivity index (χ0v) is 12.6. The molecule has 0 aliphatic carbocycles. The highest BCUT2D eigenvalue weighted by atomic mass is 32.2. The predicted molar refractivity (Wildman–Crippen MR) is 82.0 cm³/mol. The van der Waals surface area contributed by atoms with Gasteiger partial charge in [-0.2, -0.15) is 5.26 Å². The summed E-state index contributed by atoms with van der Waals surface area (Å²) in [6.45, 7) is 4.15. The molecule has 3 rings (SSSR count). The molecule has 2 heterocycles. The summed E-state index contributed by atoms with van der Waals surface area (Å²) in [7, 11) is 0. The molecule has 0 spiro atoms. The highest BCUT2D eigenvalue weighted by Gasteiger charge is 2.11. The number of fused-ring (bicyclic) bond motifs is 1. The monoisotopic (exact) mass is 298 g/mol. The Morgan fingerprint density at radius 1 is 1.33 bits per heavy atom. The number of thioether (sulfide) groups is 1. The molecule has 0 amide bonds. The minimum atomic E-state index is 0.468. The van der Waals surface area contributed by atoms with E-state index in [-0.39, 0.29) is 0 Å². The maximum atomic E-state index is 8.52. The van der Waals surface area contributed by atoms with Crippen molar-refractivity contribution in [2.24, 2.45) is 0 Å². The molecule has 0 fully saturated rings. The maximum absolute atomic E-state index is 8.52. The van der Waals surface area contributed by atoms with Crippen LogP contribution in [0.5, 0.6) is 0 Å². The molecule has 0 radical (unpaired) electrons. The van der Waals surface area contributed by atoms with E-state index in [4.69, 9.17) is 9.68 Å². The Kier molecular flexibility index (Phi) is 3.67. The number of nitriles is 1. The van der Waals surface area contributed by atoms with Crippen molar-refractivity contribution in [3.63, 3.8) is 0 Å². The van der Waals surface area contributed by atoms with Crippen LogP contribution in [0.1, 0.15) is 17.7 Å². The van der Waals surface area contributed by atoms with Crippen LogP contribution in [-0.2, 0) is 0 Å². The smallest absolute Gasteiger partial charge is 0.276 e. The predicted octanol–water partition coefficient (Wildman–Crippen LogP) is 3.84. The fourth-order valence-electron chi connectivity index (χ4n) is 2.16. The summed E-state index contributed by atoms with van der Waals surface area (Å²) in [5.41, 5.74) is 4.41. The van der Waals surface area contributed by atoms with Crippen molar-refractivity contribution in [1.29, 1.82) is 5.26 Å². The molecule has 1 aromatic carbocycles. The number of aromatic nitrogens is 3. The third-order valence-corrected chi connectivity index (χ3v) is 4.22. The van der Waals surface area contributed by atoms with Crippen molar-refractivity contribution in [3.05, 3.63) is 29.5 Å². The van der Waals surface area contributed by atoms with Crippen molar-refractivity contribution in [3.8, 4) is 17.5 Å². The quantitative estimate of drug-likeness (QED) is 0.585. The molecule has 0 unspecified atom stereocenters. The van der Waals surface area contributed by atoms with Gasteiger partial charge in [0.2, 0.25) is 5.89 Å². The molecule has 5 nitrogen and oxygen atoms in total. The molecule has 21 heavy (non-hydrogen) atoms. The summed E-state index contributed by atoms with van der Waals surface area (Å²) in [5.74, 6) is 1.17. The van der Waals surface area contributed by atoms with Gasteiger partial charge in [-0.15, -0.1) is 10.2 Å². The normalized spacial score (nSPS) is 10.9. The van der Waals surface area contributed by atoms with Crippen LogP contribution in [0.2, 0.25) is 0 Å². The minimum absolute atomic E-state index is 0.468. The van der Waals surface area contributed by atoms with E-state index < -0.39 is 0 Å². The number of hydrogen-bond donors (Lipinski definition) is 1. The van der Waals surface area contributed by atoms with E-state index in [1.165, 1.54) is 28.4 Å². The van der Waals surface area contributed by atoms with E-state index in [0.29, 0.717) is 23.3 Å². The fraction of sp³-hybridized carbons (Fsp3) is 0.267. The molecule has 6 heteroatoms. The third kappa shape index (κ3) is 2.65. The maximum Gasteiger partial charge on any atom is 0.276 e. The number of aryl methyl sites for hydroxylation is 2. The van der Waals surface area contributed by atoms with Gasteiger partial charge in [-0.3, -0.25) is 0 Å². The standard InChI is InChI=1S/C15H14N4OS/c1-9-10(2)17-13-5-4-11(8-12(9)13)14-18-19-15(20-14)21-7-3-6-16/h4-5,8,17H,3,7H2,1-2H3. The van der Waals surface area contributed by atoms with E-state index >= 15 is 0 Å². The van der Waals surface area contributed by atoms with E-state index in [1.807, 2.05) is 12.1 Å². The second-order valence-electron chi connectivity index (χ2n) is 4.77. The third-order valence-electron chi connectivity index (χ3n) is 3.40. The highest BCUT2D eigenvalue weighted by molar-refractivity contribution is 7.99. The number of nitrogens with zero attached hydrogens (tertiary/aromatic N) is 3. The first kappa shape index (κ1) is 13.7. The molecule has 0 bridgehead atoms. The number of benzene rings is 1. The number of aromatic amines is 1. The zero-order valence-electron chi connectivity index (χ0n) is 11.8. The summed E-state index contributed by atoms with van der Waals surface area (Å²) >= 11 is 1.40. The first-order valence-electron chi connectivity index (χ1n) is 6.61. The molecular formula is C15H14N4OS. The Labute approximate surface area is 126 Å². The van der Waals surface area contributed by atoms with Gasteiger partial charge in [-0.1, -0.05) is 11.8 Å². The lowest BCUT2D eigenvalue weighted by Gasteiger charge is -1.96. The molecule has 0 aliphatic heterocycles. The molecule has 0 saturated carbocycles. The first-order valence-corrected chi connectivity index (χ1v) is 7.60. The van der Waals surface area contributed by atoms with Crippen molar-refractivity contribution in [1.82, 2.24) is 15.2 Å². The molecular weight excluding hydrogens is 284 g/mol. The summed E-state index contributed by atoms with van der Waals surface area (Å²) in [6.07, 6.45) is 0.468. The van der Waals surface area contributed by atoms with E-state index in [9.17, 15) is 0 Å². The van der Waals surface area contributed by atoms with Crippen LogP contribution in [0.25, 0.3) is 22.4 Å². The summed E-state index contributed by atoms with van der Waals surface area (Å²) in [6, 6.07) is 8.14. The van der Waals surface area contributed by atoms with E-state index in [1.54, 1.807) is 0 Å². The van der Waals surface area contributed by atoms with E-state index in [2.05, 4.69) is 41.2 Å². The number of rotatable bonds is 4. The number of nitrogens with one attached hydrogen (secondary N) is 1. The van der Waals surface area contributed by atoms with Gasteiger partial charge in [-0.25, -0.2) is 0 Å². The van der Waals surface area contributed by atoms with Crippen LogP contribution < -0.4 is 0 Å². The molecule has 3 aromatic rings. The Hall–Kier alpha value is -2.26. The van der Waals surface area contributed by atoms with Crippen LogP contribution in [0.3, 0.4) is 0 Å². The molecule has 2 aromatic heterocycles. The zero-order chi connectivity index (χ0) is 14.8. The average Bonchev–Trinajstić information content (AvgIpc) is 3.05. The Bertz CT molecular complexity index is 828. The van der Waals surface area contributed by atoms with Gasteiger partial charge in [-0.05, 0) is 37.6 Å². The Morgan fingerprint density at radius 2 is 2.19 bits per heavy atom. The second kappa shape index (κ2) is 5.62. The van der Waals surface area contributed by atoms with Crippen LogP contribution in [-0.4, -0.2) is 20.9 Å². The number of hydrogen-bond acceptors (Lipinski definition) is 5. The first-order chi connectivity index (χ1) is 10.2. The molecule has 0 atom stereocenters. The molecule has 106 valence electrons. The van der Waals surface area contributed by atoms with Gasteiger partial charge >= 0.3 is 0 Å². The van der Waals surface area contributed by atoms with Crippen molar-refractivity contribution >= 4 is 22.7 Å². The van der Waals surface area contributed by atoms with Gasteiger partial charge in [0.1, 0.15) is 0 Å². The van der Waals surface area contributed by atoms with Crippen molar-refractivity contribution in [2.75, 3.05) is 5.75 Å². The molecule has 0 saturated heterocycles. The second-order valence-corrected chi connectivity index (χ2v) is 5.81. The van der Waals surface area contributed by atoms with Gasteiger partial charge in [0, 0.05) is 34.3 Å². The fourth-order valence-corrected chi connectivity index (χ4v) is 2.77. The van der Waals surface area contributed by atoms with Crippen molar-refractivity contribution < 1.29 is 4.42 Å². The lowest BCUT2D eigenvalue weighted by Crippen LogP contribution is -1.78. The lowest BCUT2D eigenvalue weighted by molar-refractivity contribution is 0.466. The van der Waals surface area contributed by atoms with Gasteiger partial charge in [0.15, 0.2) is 0 Å². The van der Waals surface area contributed by atoms with Gasteiger partial charge in [0.25, 0.3) is 5.22 Å². The summed E-state index contributed by atoms with van der Waals surface area (Å²) < 4.78 is 5.63. The highest BCUT2D eigenvalue weighted by Crippen LogP contribution is 2.28. The van der Waals surface area contributed by atoms with Crippen LogP contribution in [0.15, 0.2) is 27.8 Å². The SMILES string of the molecule is Cc1[nH]c2ccc(-c3nnc(SCCC#N)o3)cc2c1C. The topological polar surface area (TPSA) is 78.5 Å². The van der Waals surface area contributed by atoms with Crippen LogP contribution >= 0.6 is 11.8 Å². The average molecular weight is 298 g/mol. The Balaban J connectivity index is 1.90. The Morgan fingerprint density at radius 3 is 3.00 bits per heavy atom. The largest absolute Gasteiger partial charge is 0.411 e. The van der Waals surface area contributed by atoms with Gasteiger partial charge < -0.3 is 9.40 Å². The van der Waals surface area contributed by atoms with Crippen molar-refractivity contribution in [2.45, 2.75) is 25.5 Å². The van der Waals surface area contributed by atoms with Crippen LogP contribution in [0, 0.1) is 25.2 Å². The molecule has 1 N–H and O–H groups in total. The van der Waals surface area contributed by atoms with Crippen LogP contribution in [0.4, 0.5) is 0 Å². The molecule has 0 aliphatic rings. The van der Waals surface area contributed by atoms with Gasteiger partial charge in [0.05, 0.1) is 6.07 Å². The lowest BCUT2D eigenvalue weighted by atomic mass is 10.1. The summed E-state index contributed by atoms with van der Waals surface area (Å²) in [5, 5.41) is 18.3. The summed E-state index contributed by atoms with van der Waals surface area (Å²) in [4.78, 5) is 3.34. The minimum Gasteiger partial charge on any atom is -0.411 e.